The predicted molar refractivity (Wildman–Crippen MR) is 74.5 cm³/mol. The molecule has 0 amide bonds. The SMILES string of the molecule is Cc1ccc(N(C)CC2CCCC2N)c(C)c1. The van der Waals surface area contributed by atoms with Crippen LogP contribution < -0.4 is 10.6 Å². The lowest BCUT2D eigenvalue weighted by Crippen LogP contribution is -2.34. The molecule has 2 heteroatoms. The van der Waals surface area contributed by atoms with E-state index in [0.717, 1.165) is 6.54 Å². The Morgan fingerprint density at radius 3 is 2.65 bits per heavy atom. The summed E-state index contributed by atoms with van der Waals surface area (Å²) in [4.78, 5) is 2.37. The van der Waals surface area contributed by atoms with E-state index < -0.39 is 0 Å². The topological polar surface area (TPSA) is 29.3 Å². The minimum Gasteiger partial charge on any atom is -0.374 e. The zero-order valence-corrected chi connectivity index (χ0v) is 11.2. The number of benzene rings is 1. The van der Waals surface area contributed by atoms with Crippen molar-refractivity contribution in [1.82, 2.24) is 0 Å². The van der Waals surface area contributed by atoms with Gasteiger partial charge in [0, 0.05) is 25.3 Å². The van der Waals surface area contributed by atoms with E-state index in [1.54, 1.807) is 0 Å². The van der Waals surface area contributed by atoms with Crippen LogP contribution in [0.4, 0.5) is 5.69 Å². The Hall–Kier alpha value is -1.02. The number of nitrogens with two attached hydrogens (primary N) is 1. The van der Waals surface area contributed by atoms with E-state index in [2.05, 4.69) is 44.0 Å². The molecule has 0 spiro atoms. The maximum Gasteiger partial charge on any atom is 0.0393 e. The molecule has 1 aromatic carbocycles. The van der Waals surface area contributed by atoms with Gasteiger partial charge in [-0.1, -0.05) is 24.1 Å². The third-order valence-electron chi connectivity index (χ3n) is 3.99. The van der Waals surface area contributed by atoms with E-state index in [-0.39, 0.29) is 0 Å². The molecule has 94 valence electrons. The number of hydrogen-bond donors (Lipinski definition) is 1. The summed E-state index contributed by atoms with van der Waals surface area (Å²) in [6, 6.07) is 7.07. The lowest BCUT2D eigenvalue weighted by atomic mass is 10.0. The Morgan fingerprint density at radius 2 is 2.06 bits per heavy atom. The molecule has 2 nitrogen and oxygen atoms in total. The summed E-state index contributed by atoms with van der Waals surface area (Å²) in [5, 5.41) is 0. The van der Waals surface area contributed by atoms with Crippen LogP contribution >= 0.6 is 0 Å². The van der Waals surface area contributed by atoms with Gasteiger partial charge in [0.2, 0.25) is 0 Å². The third-order valence-corrected chi connectivity index (χ3v) is 3.99. The highest BCUT2D eigenvalue weighted by molar-refractivity contribution is 5.53. The van der Waals surface area contributed by atoms with Gasteiger partial charge in [-0.05, 0) is 44.2 Å². The van der Waals surface area contributed by atoms with Crippen LogP contribution in [-0.4, -0.2) is 19.6 Å². The van der Waals surface area contributed by atoms with Crippen molar-refractivity contribution in [3.05, 3.63) is 29.3 Å². The van der Waals surface area contributed by atoms with Crippen molar-refractivity contribution in [1.29, 1.82) is 0 Å². The van der Waals surface area contributed by atoms with Gasteiger partial charge in [-0.15, -0.1) is 0 Å². The number of hydrogen-bond acceptors (Lipinski definition) is 2. The zero-order valence-electron chi connectivity index (χ0n) is 11.2. The molecule has 0 aromatic heterocycles. The molecule has 17 heavy (non-hydrogen) atoms. The summed E-state index contributed by atoms with van der Waals surface area (Å²) in [5.41, 5.74) is 10.2. The second-order valence-electron chi connectivity index (χ2n) is 5.53. The molecule has 0 aliphatic heterocycles. The van der Waals surface area contributed by atoms with Gasteiger partial charge in [0.25, 0.3) is 0 Å². The monoisotopic (exact) mass is 232 g/mol. The van der Waals surface area contributed by atoms with Crippen LogP contribution in [0, 0.1) is 19.8 Å². The average molecular weight is 232 g/mol. The highest BCUT2D eigenvalue weighted by atomic mass is 15.1. The van der Waals surface area contributed by atoms with Crippen LogP contribution in [0.3, 0.4) is 0 Å². The highest BCUT2D eigenvalue weighted by Gasteiger charge is 2.25. The smallest absolute Gasteiger partial charge is 0.0393 e. The van der Waals surface area contributed by atoms with Gasteiger partial charge in [0.1, 0.15) is 0 Å². The average Bonchev–Trinajstić information content (AvgIpc) is 2.64. The second-order valence-corrected chi connectivity index (χ2v) is 5.53. The Labute approximate surface area is 105 Å². The molecule has 1 aromatic rings. The van der Waals surface area contributed by atoms with E-state index in [1.807, 2.05) is 0 Å². The number of aryl methyl sites for hydroxylation is 2. The van der Waals surface area contributed by atoms with E-state index in [0.29, 0.717) is 12.0 Å². The lowest BCUT2D eigenvalue weighted by Gasteiger charge is -2.27. The molecule has 2 atom stereocenters. The van der Waals surface area contributed by atoms with Crippen LogP contribution in [0.15, 0.2) is 18.2 Å². The maximum atomic E-state index is 6.14. The molecule has 1 aliphatic carbocycles. The maximum absolute atomic E-state index is 6.14. The number of nitrogens with zero attached hydrogens (tertiary/aromatic N) is 1. The number of anilines is 1. The zero-order chi connectivity index (χ0) is 12.4. The van der Waals surface area contributed by atoms with Gasteiger partial charge in [-0.2, -0.15) is 0 Å². The summed E-state index contributed by atoms with van der Waals surface area (Å²) < 4.78 is 0. The fourth-order valence-corrected chi connectivity index (χ4v) is 2.98. The first-order valence-electron chi connectivity index (χ1n) is 6.62. The largest absolute Gasteiger partial charge is 0.374 e. The standard InChI is InChI=1S/C15H24N2/c1-11-7-8-15(12(2)9-11)17(3)10-13-5-4-6-14(13)16/h7-9,13-14H,4-6,10,16H2,1-3H3. The Bertz CT molecular complexity index is 387. The molecule has 1 saturated carbocycles. The normalized spacial score (nSPS) is 24.0. The third kappa shape index (κ3) is 2.81. The van der Waals surface area contributed by atoms with Crippen LogP contribution in [0.25, 0.3) is 0 Å². The van der Waals surface area contributed by atoms with Crippen molar-refractivity contribution in [2.24, 2.45) is 11.7 Å². The van der Waals surface area contributed by atoms with Crippen molar-refractivity contribution >= 4 is 5.69 Å². The minimum atomic E-state index is 0.406. The van der Waals surface area contributed by atoms with Gasteiger partial charge in [-0.25, -0.2) is 0 Å². The molecule has 2 N–H and O–H groups in total. The molecule has 2 rings (SSSR count). The molecule has 0 saturated heterocycles. The molecular formula is C15H24N2. The summed E-state index contributed by atoms with van der Waals surface area (Å²) in [6.07, 6.45) is 3.79. The number of rotatable bonds is 3. The Morgan fingerprint density at radius 1 is 1.29 bits per heavy atom. The van der Waals surface area contributed by atoms with Gasteiger partial charge in [0.05, 0.1) is 0 Å². The minimum absolute atomic E-state index is 0.406. The first-order chi connectivity index (χ1) is 8.08. The summed E-state index contributed by atoms with van der Waals surface area (Å²) in [7, 11) is 2.18. The van der Waals surface area contributed by atoms with Crippen molar-refractivity contribution in [2.45, 2.75) is 39.2 Å². The molecule has 1 fully saturated rings. The van der Waals surface area contributed by atoms with E-state index in [1.165, 1.54) is 36.1 Å². The van der Waals surface area contributed by atoms with E-state index >= 15 is 0 Å². The molecule has 0 heterocycles. The first kappa shape index (κ1) is 12.4. The predicted octanol–water partition coefficient (Wildman–Crippen LogP) is 2.87. The van der Waals surface area contributed by atoms with Crippen molar-refractivity contribution in [3.63, 3.8) is 0 Å². The molecule has 0 radical (unpaired) electrons. The second kappa shape index (κ2) is 5.09. The van der Waals surface area contributed by atoms with Crippen LogP contribution in [0.5, 0.6) is 0 Å². The fourth-order valence-electron chi connectivity index (χ4n) is 2.98. The van der Waals surface area contributed by atoms with Gasteiger partial charge in [0.15, 0.2) is 0 Å². The molecule has 1 aliphatic rings. The van der Waals surface area contributed by atoms with Crippen LogP contribution in [0.1, 0.15) is 30.4 Å². The van der Waals surface area contributed by atoms with Gasteiger partial charge in [-0.3, -0.25) is 0 Å². The first-order valence-corrected chi connectivity index (χ1v) is 6.62. The quantitative estimate of drug-likeness (QED) is 0.868. The van der Waals surface area contributed by atoms with E-state index in [4.69, 9.17) is 5.73 Å². The summed E-state index contributed by atoms with van der Waals surface area (Å²) >= 11 is 0. The van der Waals surface area contributed by atoms with Crippen molar-refractivity contribution in [2.75, 3.05) is 18.5 Å². The Balaban J connectivity index is 2.06. The van der Waals surface area contributed by atoms with Crippen LogP contribution in [-0.2, 0) is 0 Å². The van der Waals surface area contributed by atoms with E-state index in [9.17, 15) is 0 Å². The molecule has 0 bridgehead atoms. The van der Waals surface area contributed by atoms with Crippen molar-refractivity contribution < 1.29 is 0 Å². The molecular weight excluding hydrogens is 208 g/mol. The fraction of sp³-hybridized carbons (Fsp3) is 0.600. The Kier molecular flexibility index (Phi) is 3.72. The van der Waals surface area contributed by atoms with Crippen molar-refractivity contribution in [3.8, 4) is 0 Å². The summed E-state index contributed by atoms with van der Waals surface area (Å²) in [5.74, 6) is 0.667. The summed E-state index contributed by atoms with van der Waals surface area (Å²) in [6.45, 7) is 5.42. The van der Waals surface area contributed by atoms with Gasteiger partial charge < -0.3 is 10.6 Å². The van der Waals surface area contributed by atoms with Crippen LogP contribution in [0.2, 0.25) is 0 Å². The lowest BCUT2D eigenvalue weighted by molar-refractivity contribution is 0.482. The highest BCUT2D eigenvalue weighted by Crippen LogP contribution is 2.27. The van der Waals surface area contributed by atoms with Gasteiger partial charge >= 0.3 is 0 Å². The molecule has 2 unspecified atom stereocenters.